The maximum Gasteiger partial charge on any atom is 0.0593 e. The Morgan fingerprint density at radius 2 is 2.08 bits per heavy atom. The first-order valence-corrected chi connectivity index (χ1v) is 5.59. The summed E-state index contributed by atoms with van der Waals surface area (Å²) in [6, 6.07) is 0.441. The lowest BCUT2D eigenvalue weighted by Gasteiger charge is -2.22. The van der Waals surface area contributed by atoms with Gasteiger partial charge in [0.25, 0.3) is 0 Å². The minimum atomic E-state index is 0.441. The quantitative estimate of drug-likeness (QED) is 0.448. The Morgan fingerprint density at radius 1 is 1.38 bits per heavy atom. The molecule has 0 aliphatic carbocycles. The summed E-state index contributed by atoms with van der Waals surface area (Å²) in [7, 11) is 2.08. The molecule has 0 aliphatic rings. The van der Waals surface area contributed by atoms with Gasteiger partial charge in [0.2, 0.25) is 0 Å². The van der Waals surface area contributed by atoms with Crippen molar-refractivity contribution in [2.75, 3.05) is 32.7 Å². The Kier molecular flexibility index (Phi) is 8.93. The molecule has 1 unspecified atom stereocenters. The van der Waals surface area contributed by atoms with Crippen molar-refractivity contribution in [2.24, 2.45) is 0 Å². The number of alkyl halides is 1. The molecule has 0 spiro atoms. The lowest BCUT2D eigenvalue weighted by molar-refractivity contribution is 0.101. The van der Waals surface area contributed by atoms with E-state index in [4.69, 9.17) is 16.3 Å². The van der Waals surface area contributed by atoms with E-state index in [-0.39, 0.29) is 0 Å². The summed E-state index contributed by atoms with van der Waals surface area (Å²) in [5, 5.41) is 0. The molecular formula is C10H22ClNO. The van der Waals surface area contributed by atoms with E-state index in [1.165, 1.54) is 6.42 Å². The number of rotatable bonds is 8. The fourth-order valence-corrected chi connectivity index (χ4v) is 1.13. The van der Waals surface area contributed by atoms with Crippen molar-refractivity contribution in [2.45, 2.75) is 32.7 Å². The average Bonchev–Trinajstić information content (AvgIpc) is 2.16. The molecule has 0 N–H and O–H groups in total. The molecule has 0 amide bonds. The predicted molar refractivity (Wildman–Crippen MR) is 58.5 cm³/mol. The van der Waals surface area contributed by atoms with E-state index in [0.717, 1.165) is 26.2 Å². The third-order valence-corrected chi connectivity index (χ3v) is 2.65. The van der Waals surface area contributed by atoms with E-state index in [1.807, 2.05) is 0 Å². The largest absolute Gasteiger partial charge is 0.380 e. The number of nitrogens with zero attached hydrogens (tertiary/aromatic N) is 1. The van der Waals surface area contributed by atoms with Crippen LogP contribution in [0.5, 0.6) is 0 Å². The Labute approximate surface area is 87.2 Å². The lowest BCUT2D eigenvalue weighted by Crippen LogP contribution is -2.33. The van der Waals surface area contributed by atoms with Gasteiger partial charge in [0, 0.05) is 25.1 Å². The second kappa shape index (κ2) is 8.79. The first kappa shape index (κ1) is 13.2. The fourth-order valence-electron chi connectivity index (χ4n) is 0.895. The van der Waals surface area contributed by atoms with Gasteiger partial charge in [-0.05, 0) is 20.4 Å². The first-order chi connectivity index (χ1) is 6.22. The molecule has 13 heavy (non-hydrogen) atoms. The van der Waals surface area contributed by atoms with Crippen LogP contribution < -0.4 is 0 Å². The Morgan fingerprint density at radius 3 is 2.62 bits per heavy atom. The molecule has 0 saturated carbocycles. The Bertz CT molecular complexity index is 111. The molecule has 0 bridgehead atoms. The van der Waals surface area contributed by atoms with Crippen LogP contribution in [0.3, 0.4) is 0 Å². The van der Waals surface area contributed by atoms with Crippen LogP contribution >= 0.6 is 11.6 Å². The van der Waals surface area contributed by atoms with Gasteiger partial charge in [0.1, 0.15) is 0 Å². The van der Waals surface area contributed by atoms with Gasteiger partial charge in [-0.1, -0.05) is 13.3 Å². The molecule has 80 valence electrons. The van der Waals surface area contributed by atoms with Crippen LogP contribution in [0.1, 0.15) is 26.7 Å². The summed E-state index contributed by atoms with van der Waals surface area (Å²) in [4.78, 5) is 2.22. The SMILES string of the molecule is CCCCOCCN(C)C(C)CCl. The van der Waals surface area contributed by atoms with Crippen molar-refractivity contribution in [1.29, 1.82) is 0 Å². The van der Waals surface area contributed by atoms with Gasteiger partial charge < -0.3 is 9.64 Å². The molecule has 3 heteroatoms. The van der Waals surface area contributed by atoms with Gasteiger partial charge >= 0.3 is 0 Å². The van der Waals surface area contributed by atoms with Gasteiger partial charge in [0.15, 0.2) is 0 Å². The van der Waals surface area contributed by atoms with Crippen LogP contribution in [0.25, 0.3) is 0 Å². The van der Waals surface area contributed by atoms with Crippen molar-refractivity contribution in [3.05, 3.63) is 0 Å². The molecule has 2 nitrogen and oxygen atoms in total. The van der Waals surface area contributed by atoms with Crippen LogP contribution in [-0.2, 0) is 4.74 Å². The van der Waals surface area contributed by atoms with Crippen molar-refractivity contribution >= 4 is 11.6 Å². The molecule has 0 aliphatic heterocycles. The highest BCUT2D eigenvalue weighted by molar-refractivity contribution is 6.18. The van der Waals surface area contributed by atoms with Gasteiger partial charge in [-0.3, -0.25) is 0 Å². The fraction of sp³-hybridized carbons (Fsp3) is 1.00. The molecule has 1 atom stereocenters. The topological polar surface area (TPSA) is 12.5 Å². The second-order valence-corrected chi connectivity index (χ2v) is 3.76. The third kappa shape index (κ3) is 7.29. The maximum atomic E-state index is 5.73. The van der Waals surface area contributed by atoms with Crippen LogP contribution in [0, 0.1) is 0 Å². The average molecular weight is 208 g/mol. The van der Waals surface area contributed by atoms with E-state index in [2.05, 4.69) is 25.8 Å². The van der Waals surface area contributed by atoms with Crippen molar-refractivity contribution in [3.8, 4) is 0 Å². The summed E-state index contributed by atoms with van der Waals surface area (Å²) in [6.45, 7) is 6.97. The van der Waals surface area contributed by atoms with Crippen LogP contribution in [0.2, 0.25) is 0 Å². The van der Waals surface area contributed by atoms with Gasteiger partial charge in [-0.2, -0.15) is 0 Å². The molecule has 0 heterocycles. The second-order valence-electron chi connectivity index (χ2n) is 3.45. The van der Waals surface area contributed by atoms with Gasteiger partial charge in [-0.25, -0.2) is 0 Å². The van der Waals surface area contributed by atoms with Crippen LogP contribution in [0.15, 0.2) is 0 Å². The smallest absolute Gasteiger partial charge is 0.0593 e. The highest BCUT2D eigenvalue weighted by Gasteiger charge is 2.06. The number of ether oxygens (including phenoxy) is 1. The minimum absolute atomic E-state index is 0.441. The van der Waals surface area contributed by atoms with Crippen molar-refractivity contribution in [1.82, 2.24) is 4.90 Å². The van der Waals surface area contributed by atoms with E-state index >= 15 is 0 Å². The normalized spacial score (nSPS) is 13.6. The number of likely N-dealkylation sites (N-methyl/N-ethyl adjacent to an activating group) is 1. The van der Waals surface area contributed by atoms with E-state index in [9.17, 15) is 0 Å². The molecule has 0 fully saturated rings. The van der Waals surface area contributed by atoms with E-state index < -0.39 is 0 Å². The van der Waals surface area contributed by atoms with Crippen molar-refractivity contribution in [3.63, 3.8) is 0 Å². The maximum absolute atomic E-state index is 5.73. The molecule has 0 saturated heterocycles. The zero-order valence-electron chi connectivity index (χ0n) is 9.05. The summed E-state index contributed by atoms with van der Waals surface area (Å²) in [5.41, 5.74) is 0. The molecule has 0 radical (unpaired) electrons. The van der Waals surface area contributed by atoms with Crippen LogP contribution in [0.4, 0.5) is 0 Å². The highest BCUT2D eigenvalue weighted by atomic mass is 35.5. The standard InChI is InChI=1S/C10H22ClNO/c1-4-5-7-13-8-6-12(3)10(2)9-11/h10H,4-9H2,1-3H3. The lowest BCUT2D eigenvalue weighted by atomic mass is 10.3. The number of hydrogen-bond acceptors (Lipinski definition) is 2. The highest BCUT2D eigenvalue weighted by Crippen LogP contribution is 1.97. The molecule has 0 aromatic carbocycles. The first-order valence-electron chi connectivity index (χ1n) is 5.06. The third-order valence-electron chi connectivity index (χ3n) is 2.21. The van der Waals surface area contributed by atoms with Gasteiger partial charge in [-0.15, -0.1) is 11.6 Å². The monoisotopic (exact) mass is 207 g/mol. The van der Waals surface area contributed by atoms with Crippen LogP contribution in [-0.4, -0.2) is 43.6 Å². The molecule has 0 aromatic heterocycles. The van der Waals surface area contributed by atoms with E-state index in [1.54, 1.807) is 0 Å². The summed E-state index contributed by atoms with van der Waals surface area (Å²) < 4.78 is 5.45. The minimum Gasteiger partial charge on any atom is -0.380 e. The number of hydrogen-bond donors (Lipinski definition) is 0. The molecule has 0 rings (SSSR count). The summed E-state index contributed by atoms with van der Waals surface area (Å²) >= 11 is 5.73. The zero-order valence-corrected chi connectivity index (χ0v) is 9.81. The molecular weight excluding hydrogens is 186 g/mol. The van der Waals surface area contributed by atoms with Crippen molar-refractivity contribution < 1.29 is 4.74 Å². The Hall–Kier alpha value is 0.210. The number of unbranched alkanes of at least 4 members (excludes halogenated alkanes) is 1. The van der Waals surface area contributed by atoms with E-state index in [0.29, 0.717) is 11.9 Å². The zero-order chi connectivity index (χ0) is 10.1. The molecule has 0 aromatic rings. The summed E-state index contributed by atoms with van der Waals surface area (Å²) in [6.07, 6.45) is 2.36. The van der Waals surface area contributed by atoms with Gasteiger partial charge in [0.05, 0.1) is 6.61 Å². The summed E-state index contributed by atoms with van der Waals surface area (Å²) in [5.74, 6) is 0.686. The predicted octanol–water partition coefficient (Wildman–Crippen LogP) is 2.36. The number of halogens is 1. The Balaban J connectivity index is 3.21.